The molecule has 0 radical (unpaired) electrons. The molecule has 0 saturated heterocycles. The molecule has 18 heavy (non-hydrogen) atoms. The SMILES string of the molecule is COC(=O)c1nc(Br)sc1-c1cc(Cl)cc(Cl)c1. The van der Waals surface area contributed by atoms with Gasteiger partial charge in [-0.05, 0) is 39.7 Å². The number of hydrogen-bond donors (Lipinski definition) is 0. The Morgan fingerprint density at radius 1 is 1.33 bits per heavy atom. The molecule has 2 aromatic rings. The predicted molar refractivity (Wildman–Crippen MR) is 76.6 cm³/mol. The number of hydrogen-bond acceptors (Lipinski definition) is 4. The summed E-state index contributed by atoms with van der Waals surface area (Å²) in [6.07, 6.45) is 0. The molecule has 0 spiro atoms. The van der Waals surface area contributed by atoms with Gasteiger partial charge in [0.05, 0.1) is 12.0 Å². The van der Waals surface area contributed by atoms with Crippen LogP contribution in [0, 0.1) is 0 Å². The minimum absolute atomic E-state index is 0.243. The van der Waals surface area contributed by atoms with E-state index >= 15 is 0 Å². The smallest absolute Gasteiger partial charge is 0.358 e. The monoisotopic (exact) mass is 365 g/mol. The molecule has 2 rings (SSSR count). The molecule has 94 valence electrons. The largest absolute Gasteiger partial charge is 0.464 e. The number of esters is 1. The van der Waals surface area contributed by atoms with Gasteiger partial charge in [-0.1, -0.05) is 23.2 Å². The molecule has 0 atom stereocenters. The number of aromatic nitrogens is 1. The van der Waals surface area contributed by atoms with Crippen LogP contribution in [0.2, 0.25) is 10.0 Å². The standard InChI is InChI=1S/C11H6BrCl2NO2S/c1-17-10(16)8-9(18-11(12)15-8)5-2-6(13)4-7(14)3-5/h2-4H,1H3. The van der Waals surface area contributed by atoms with Gasteiger partial charge in [-0.2, -0.15) is 0 Å². The van der Waals surface area contributed by atoms with Gasteiger partial charge < -0.3 is 4.74 Å². The Labute approximate surface area is 126 Å². The fourth-order valence-electron chi connectivity index (χ4n) is 1.41. The van der Waals surface area contributed by atoms with Gasteiger partial charge in [-0.15, -0.1) is 11.3 Å². The topological polar surface area (TPSA) is 39.2 Å². The van der Waals surface area contributed by atoms with Crippen molar-refractivity contribution in [1.29, 1.82) is 0 Å². The number of benzene rings is 1. The molecule has 0 N–H and O–H groups in total. The number of carbonyl (C=O) groups excluding carboxylic acids is 1. The summed E-state index contributed by atoms with van der Waals surface area (Å²) < 4.78 is 5.28. The number of methoxy groups -OCH3 is 1. The van der Waals surface area contributed by atoms with Gasteiger partial charge in [-0.3, -0.25) is 0 Å². The molecular formula is C11H6BrCl2NO2S. The third kappa shape index (κ3) is 2.85. The normalized spacial score (nSPS) is 10.4. The van der Waals surface area contributed by atoms with Gasteiger partial charge in [0.15, 0.2) is 9.61 Å². The molecule has 1 aromatic heterocycles. The first-order valence-corrected chi connectivity index (χ1v) is 7.09. The Balaban J connectivity index is 2.59. The predicted octanol–water partition coefficient (Wildman–Crippen LogP) is 4.67. The summed E-state index contributed by atoms with van der Waals surface area (Å²) >= 11 is 16.5. The van der Waals surface area contributed by atoms with Crippen molar-refractivity contribution in [3.8, 4) is 10.4 Å². The van der Waals surface area contributed by atoms with Gasteiger partial charge in [0, 0.05) is 10.0 Å². The van der Waals surface area contributed by atoms with Crippen molar-refractivity contribution in [2.24, 2.45) is 0 Å². The van der Waals surface area contributed by atoms with E-state index in [-0.39, 0.29) is 5.69 Å². The molecule has 0 aliphatic carbocycles. The molecule has 0 amide bonds. The van der Waals surface area contributed by atoms with Crippen LogP contribution in [-0.4, -0.2) is 18.1 Å². The van der Waals surface area contributed by atoms with Crippen LogP contribution in [0.5, 0.6) is 0 Å². The summed E-state index contributed by atoms with van der Waals surface area (Å²) in [7, 11) is 1.31. The Morgan fingerprint density at radius 3 is 2.50 bits per heavy atom. The third-order valence-corrected chi connectivity index (χ3v) is 4.10. The molecular weight excluding hydrogens is 361 g/mol. The van der Waals surface area contributed by atoms with E-state index in [1.54, 1.807) is 18.2 Å². The van der Waals surface area contributed by atoms with E-state index in [0.717, 1.165) is 5.56 Å². The maximum atomic E-state index is 11.6. The van der Waals surface area contributed by atoms with Gasteiger partial charge in [0.25, 0.3) is 0 Å². The van der Waals surface area contributed by atoms with Crippen LogP contribution in [-0.2, 0) is 4.74 Å². The lowest BCUT2D eigenvalue weighted by Gasteiger charge is -2.02. The first kappa shape index (κ1) is 13.8. The van der Waals surface area contributed by atoms with E-state index < -0.39 is 5.97 Å². The minimum Gasteiger partial charge on any atom is -0.464 e. The lowest BCUT2D eigenvalue weighted by molar-refractivity contribution is 0.0595. The molecule has 0 saturated carbocycles. The van der Waals surface area contributed by atoms with E-state index in [4.69, 9.17) is 27.9 Å². The number of halogens is 3. The number of rotatable bonds is 2. The summed E-state index contributed by atoms with van der Waals surface area (Å²) in [6, 6.07) is 5.07. The third-order valence-electron chi connectivity index (χ3n) is 2.10. The highest BCUT2D eigenvalue weighted by Gasteiger charge is 2.19. The fraction of sp³-hybridized carbons (Fsp3) is 0.0909. The number of ether oxygens (including phenoxy) is 1. The Morgan fingerprint density at radius 2 is 1.94 bits per heavy atom. The second-order valence-corrected chi connectivity index (χ2v) is 6.44. The Kier molecular flexibility index (Phi) is 4.27. The highest BCUT2D eigenvalue weighted by molar-refractivity contribution is 9.11. The molecule has 7 heteroatoms. The summed E-state index contributed by atoms with van der Waals surface area (Å²) in [5.74, 6) is -0.497. The zero-order chi connectivity index (χ0) is 13.3. The van der Waals surface area contributed by atoms with Crippen molar-refractivity contribution in [2.45, 2.75) is 0 Å². The van der Waals surface area contributed by atoms with E-state index in [1.807, 2.05) is 0 Å². The second kappa shape index (κ2) is 5.57. The van der Waals surface area contributed by atoms with Crippen LogP contribution < -0.4 is 0 Å². The van der Waals surface area contributed by atoms with Gasteiger partial charge in [-0.25, -0.2) is 9.78 Å². The molecule has 1 aromatic carbocycles. The van der Waals surface area contributed by atoms with Crippen molar-refractivity contribution >= 4 is 56.4 Å². The van der Waals surface area contributed by atoms with Crippen molar-refractivity contribution in [3.63, 3.8) is 0 Å². The van der Waals surface area contributed by atoms with Gasteiger partial charge >= 0.3 is 5.97 Å². The number of nitrogens with zero attached hydrogens (tertiary/aromatic N) is 1. The lowest BCUT2D eigenvalue weighted by atomic mass is 10.1. The van der Waals surface area contributed by atoms with Crippen LogP contribution in [0.4, 0.5) is 0 Å². The van der Waals surface area contributed by atoms with Crippen LogP contribution in [0.3, 0.4) is 0 Å². The van der Waals surface area contributed by atoms with Crippen LogP contribution in [0.25, 0.3) is 10.4 Å². The first-order chi connectivity index (χ1) is 8.51. The average Bonchev–Trinajstić information content (AvgIpc) is 2.69. The van der Waals surface area contributed by atoms with Crippen molar-refractivity contribution in [2.75, 3.05) is 7.11 Å². The van der Waals surface area contributed by atoms with Gasteiger partial charge in [0.1, 0.15) is 0 Å². The lowest BCUT2D eigenvalue weighted by Crippen LogP contribution is -2.03. The van der Waals surface area contributed by atoms with E-state index in [1.165, 1.54) is 18.4 Å². The van der Waals surface area contributed by atoms with E-state index in [2.05, 4.69) is 20.9 Å². The zero-order valence-corrected chi connectivity index (χ0v) is 13.0. The highest BCUT2D eigenvalue weighted by atomic mass is 79.9. The van der Waals surface area contributed by atoms with Crippen molar-refractivity contribution < 1.29 is 9.53 Å². The van der Waals surface area contributed by atoms with Gasteiger partial charge in [0.2, 0.25) is 0 Å². The summed E-state index contributed by atoms with van der Waals surface area (Å²) in [5.41, 5.74) is 0.976. The fourth-order valence-corrected chi connectivity index (χ4v) is 3.37. The molecule has 0 aliphatic rings. The maximum Gasteiger partial charge on any atom is 0.358 e. The summed E-state index contributed by atoms with van der Waals surface area (Å²) in [4.78, 5) is 16.4. The van der Waals surface area contributed by atoms with Crippen LogP contribution in [0.1, 0.15) is 10.5 Å². The van der Waals surface area contributed by atoms with Crippen LogP contribution in [0.15, 0.2) is 22.1 Å². The van der Waals surface area contributed by atoms with E-state index in [0.29, 0.717) is 18.8 Å². The Hall–Kier alpha value is -0.620. The molecule has 1 heterocycles. The molecule has 0 fully saturated rings. The minimum atomic E-state index is -0.497. The number of thiazole rings is 1. The van der Waals surface area contributed by atoms with Crippen molar-refractivity contribution in [3.05, 3.63) is 37.9 Å². The average molecular weight is 367 g/mol. The summed E-state index contributed by atoms with van der Waals surface area (Å²) in [5, 5.41) is 0.996. The number of carbonyl (C=O) groups is 1. The zero-order valence-electron chi connectivity index (χ0n) is 9.04. The molecule has 3 nitrogen and oxygen atoms in total. The first-order valence-electron chi connectivity index (χ1n) is 4.72. The second-order valence-electron chi connectivity index (χ2n) is 3.29. The van der Waals surface area contributed by atoms with Crippen molar-refractivity contribution in [1.82, 2.24) is 4.98 Å². The summed E-state index contributed by atoms with van der Waals surface area (Å²) in [6.45, 7) is 0. The molecule has 0 bridgehead atoms. The molecule has 0 unspecified atom stereocenters. The van der Waals surface area contributed by atoms with E-state index in [9.17, 15) is 4.79 Å². The Bertz CT molecular complexity index is 595. The van der Waals surface area contributed by atoms with Crippen LogP contribution >= 0.6 is 50.5 Å². The maximum absolute atomic E-state index is 11.6. The molecule has 0 aliphatic heterocycles. The highest BCUT2D eigenvalue weighted by Crippen LogP contribution is 2.36. The quantitative estimate of drug-likeness (QED) is 0.725.